The molecule has 0 aliphatic heterocycles. The Balaban J connectivity index is 3.31. The summed E-state index contributed by atoms with van der Waals surface area (Å²) < 4.78 is 22.0. The van der Waals surface area contributed by atoms with Crippen LogP contribution in [0.5, 0.6) is 0 Å². The van der Waals surface area contributed by atoms with Crippen LogP contribution in [0.1, 0.15) is 5.56 Å². The van der Waals surface area contributed by atoms with Gasteiger partial charge in [0.1, 0.15) is 4.90 Å². The zero-order valence-electron chi connectivity index (χ0n) is 7.07. The van der Waals surface area contributed by atoms with E-state index >= 15 is 0 Å². The zero-order chi connectivity index (χ0) is 10.8. The Bertz CT molecular complexity index is 491. The van der Waals surface area contributed by atoms with Crippen LogP contribution in [0.25, 0.3) is 0 Å². The van der Waals surface area contributed by atoms with Gasteiger partial charge >= 0.3 is 0 Å². The third kappa shape index (κ3) is 2.45. The highest BCUT2D eigenvalue weighted by Crippen LogP contribution is 2.21. The maximum atomic E-state index is 11.0. The Morgan fingerprint density at radius 3 is 2.64 bits per heavy atom. The average molecular weight is 231 g/mol. The predicted molar refractivity (Wildman–Crippen MR) is 52.1 cm³/mol. The second-order valence-corrected chi connectivity index (χ2v) is 4.58. The van der Waals surface area contributed by atoms with Gasteiger partial charge in [0, 0.05) is 0 Å². The number of hydrogen-bond donors (Lipinski definition) is 1. The molecule has 0 amide bonds. The van der Waals surface area contributed by atoms with E-state index < -0.39 is 10.0 Å². The van der Waals surface area contributed by atoms with Crippen LogP contribution in [0, 0.1) is 11.3 Å². The molecule has 0 saturated heterocycles. The van der Waals surface area contributed by atoms with Gasteiger partial charge in [-0.3, -0.25) is 0 Å². The van der Waals surface area contributed by atoms with E-state index in [-0.39, 0.29) is 16.3 Å². The maximum absolute atomic E-state index is 11.0. The fraction of sp³-hybridized carbons (Fsp3) is 0.125. The molecule has 1 aromatic carbocycles. The minimum Gasteiger partial charge on any atom is -0.225 e. The lowest BCUT2D eigenvalue weighted by Crippen LogP contribution is -2.13. The summed E-state index contributed by atoms with van der Waals surface area (Å²) in [5.41, 5.74) is 0.570. The number of hydrogen-bond acceptors (Lipinski definition) is 3. The number of nitrogens with zero attached hydrogens (tertiary/aromatic N) is 1. The van der Waals surface area contributed by atoms with E-state index in [1.807, 2.05) is 6.07 Å². The molecule has 0 aliphatic rings. The highest BCUT2D eigenvalue weighted by atomic mass is 35.5. The molecule has 6 heteroatoms. The third-order valence-corrected chi connectivity index (χ3v) is 2.98. The van der Waals surface area contributed by atoms with Crippen LogP contribution in [-0.2, 0) is 16.4 Å². The van der Waals surface area contributed by atoms with Gasteiger partial charge in [-0.05, 0) is 17.7 Å². The summed E-state index contributed by atoms with van der Waals surface area (Å²) in [4.78, 5) is -0.146. The molecule has 0 saturated carbocycles. The Hall–Kier alpha value is -1.09. The maximum Gasteiger partial charge on any atom is 0.239 e. The first-order valence-corrected chi connectivity index (χ1v) is 5.56. The van der Waals surface area contributed by atoms with E-state index in [4.69, 9.17) is 22.0 Å². The van der Waals surface area contributed by atoms with Crippen molar-refractivity contribution in [3.05, 3.63) is 28.8 Å². The van der Waals surface area contributed by atoms with Gasteiger partial charge in [-0.25, -0.2) is 13.6 Å². The van der Waals surface area contributed by atoms with Gasteiger partial charge < -0.3 is 0 Å². The van der Waals surface area contributed by atoms with Crippen molar-refractivity contribution < 1.29 is 8.42 Å². The highest BCUT2D eigenvalue weighted by Gasteiger charge is 2.13. The Labute approximate surface area is 87.0 Å². The molecule has 0 radical (unpaired) electrons. The van der Waals surface area contributed by atoms with Crippen LogP contribution in [-0.4, -0.2) is 8.42 Å². The third-order valence-electron chi connectivity index (χ3n) is 1.59. The second-order valence-electron chi connectivity index (χ2n) is 2.64. The van der Waals surface area contributed by atoms with E-state index in [0.717, 1.165) is 0 Å². The predicted octanol–water partition coefficient (Wildman–Crippen LogP) is 1.05. The summed E-state index contributed by atoms with van der Waals surface area (Å²) in [7, 11) is -3.82. The van der Waals surface area contributed by atoms with E-state index in [2.05, 4.69) is 0 Å². The fourth-order valence-corrected chi connectivity index (χ4v) is 2.06. The lowest BCUT2D eigenvalue weighted by Gasteiger charge is -2.02. The van der Waals surface area contributed by atoms with Gasteiger partial charge in [0.15, 0.2) is 0 Å². The molecule has 0 atom stereocenters. The SMILES string of the molecule is N#CCc1ccc(Cl)c(S(N)(=O)=O)c1. The Morgan fingerprint density at radius 2 is 2.14 bits per heavy atom. The van der Waals surface area contributed by atoms with E-state index in [1.54, 1.807) is 6.07 Å². The number of sulfonamides is 1. The molecule has 0 aliphatic carbocycles. The molecule has 0 heterocycles. The smallest absolute Gasteiger partial charge is 0.225 e. The Morgan fingerprint density at radius 1 is 1.50 bits per heavy atom. The molecule has 0 unspecified atom stereocenters. The molecule has 1 rings (SSSR count). The first-order chi connectivity index (χ1) is 6.45. The molecular formula is C8H7ClN2O2S. The molecule has 14 heavy (non-hydrogen) atoms. The van der Waals surface area contributed by atoms with E-state index in [1.165, 1.54) is 12.1 Å². The summed E-state index contributed by atoms with van der Waals surface area (Å²) in [6.45, 7) is 0. The van der Waals surface area contributed by atoms with Crippen molar-refractivity contribution in [2.75, 3.05) is 0 Å². The van der Waals surface area contributed by atoms with Crippen molar-refractivity contribution in [1.29, 1.82) is 5.26 Å². The van der Waals surface area contributed by atoms with Gasteiger partial charge in [0.25, 0.3) is 0 Å². The summed E-state index contributed by atoms with van der Waals surface area (Å²) in [6, 6.07) is 6.20. The molecule has 0 bridgehead atoms. The van der Waals surface area contributed by atoms with Crippen LogP contribution < -0.4 is 5.14 Å². The monoisotopic (exact) mass is 230 g/mol. The van der Waals surface area contributed by atoms with Crippen LogP contribution in [0.15, 0.2) is 23.1 Å². The number of rotatable bonds is 2. The summed E-state index contributed by atoms with van der Waals surface area (Å²) >= 11 is 5.64. The quantitative estimate of drug-likeness (QED) is 0.824. The lowest BCUT2D eigenvalue weighted by molar-refractivity contribution is 0.597. The van der Waals surface area contributed by atoms with Gasteiger partial charge in [-0.15, -0.1) is 0 Å². The van der Waals surface area contributed by atoms with Crippen molar-refractivity contribution >= 4 is 21.6 Å². The molecule has 0 aromatic heterocycles. The number of nitrogens with two attached hydrogens (primary N) is 1. The second kappa shape index (κ2) is 3.96. The molecular weight excluding hydrogens is 224 g/mol. The van der Waals surface area contributed by atoms with Crippen LogP contribution >= 0.6 is 11.6 Å². The molecule has 0 fully saturated rings. The highest BCUT2D eigenvalue weighted by molar-refractivity contribution is 7.89. The van der Waals surface area contributed by atoms with Crippen LogP contribution in [0.3, 0.4) is 0 Å². The minimum absolute atomic E-state index is 0.0641. The van der Waals surface area contributed by atoms with Crippen molar-refractivity contribution in [3.63, 3.8) is 0 Å². The Kier molecular flexibility index (Phi) is 3.11. The van der Waals surface area contributed by atoms with Crippen LogP contribution in [0.4, 0.5) is 0 Å². The normalized spacial score (nSPS) is 10.9. The minimum atomic E-state index is -3.82. The summed E-state index contributed by atoms with van der Waals surface area (Å²) in [6.07, 6.45) is 0.125. The van der Waals surface area contributed by atoms with E-state index in [9.17, 15) is 8.42 Å². The van der Waals surface area contributed by atoms with E-state index in [0.29, 0.717) is 5.56 Å². The van der Waals surface area contributed by atoms with Gasteiger partial charge in [0.2, 0.25) is 10.0 Å². The topological polar surface area (TPSA) is 83.9 Å². The molecule has 0 spiro atoms. The standard InChI is InChI=1S/C8H7ClN2O2S/c9-7-2-1-6(3-4-10)5-8(7)14(11,12)13/h1-2,5H,3H2,(H2,11,12,13). The van der Waals surface area contributed by atoms with Crippen molar-refractivity contribution in [2.45, 2.75) is 11.3 Å². The fourth-order valence-electron chi connectivity index (χ4n) is 0.967. The molecule has 4 nitrogen and oxygen atoms in total. The van der Waals surface area contributed by atoms with Gasteiger partial charge in [-0.2, -0.15) is 5.26 Å². The zero-order valence-corrected chi connectivity index (χ0v) is 8.64. The van der Waals surface area contributed by atoms with Gasteiger partial charge in [0.05, 0.1) is 17.5 Å². The van der Waals surface area contributed by atoms with Crippen molar-refractivity contribution in [1.82, 2.24) is 0 Å². The average Bonchev–Trinajstić information content (AvgIpc) is 2.07. The summed E-state index contributed by atoms with van der Waals surface area (Å²) in [5.74, 6) is 0. The molecule has 1 aromatic rings. The first kappa shape index (κ1) is 11.0. The number of primary sulfonamides is 1. The van der Waals surface area contributed by atoms with Crippen molar-refractivity contribution in [3.8, 4) is 6.07 Å². The molecule has 2 N–H and O–H groups in total. The summed E-state index contributed by atoms with van der Waals surface area (Å²) in [5, 5.41) is 13.4. The largest absolute Gasteiger partial charge is 0.239 e. The van der Waals surface area contributed by atoms with Crippen LogP contribution in [0.2, 0.25) is 5.02 Å². The number of nitriles is 1. The lowest BCUT2D eigenvalue weighted by atomic mass is 10.2. The number of halogens is 1. The first-order valence-electron chi connectivity index (χ1n) is 3.63. The van der Waals surface area contributed by atoms with Crippen molar-refractivity contribution in [2.24, 2.45) is 5.14 Å². The molecule has 74 valence electrons. The number of benzene rings is 1. The van der Waals surface area contributed by atoms with Gasteiger partial charge in [-0.1, -0.05) is 17.7 Å².